The van der Waals surface area contributed by atoms with Crippen molar-refractivity contribution >= 4 is 27.9 Å². The molecule has 11 atom stereocenters. The van der Waals surface area contributed by atoms with E-state index in [2.05, 4.69) is 45.3 Å². The molecule has 25 heteroatoms. The third-order valence-electron chi connectivity index (χ3n) is 9.82. The molecule has 2 aromatic heterocycles. The van der Waals surface area contributed by atoms with Gasteiger partial charge in [0.15, 0.2) is 12.6 Å². The van der Waals surface area contributed by atoms with Crippen molar-refractivity contribution in [2.75, 3.05) is 59.4 Å². The second-order valence-electron chi connectivity index (χ2n) is 14.7. The maximum atomic E-state index is 11.6. The van der Waals surface area contributed by atoms with E-state index in [1.807, 2.05) is 12.4 Å². The highest BCUT2D eigenvalue weighted by Gasteiger charge is 2.46. The Labute approximate surface area is 351 Å². The van der Waals surface area contributed by atoms with E-state index < -0.39 is 86.3 Å². The van der Waals surface area contributed by atoms with Crippen molar-refractivity contribution in [3.8, 4) is 0 Å². The summed E-state index contributed by atoms with van der Waals surface area (Å²) in [6, 6.07) is -2.05. The topological polar surface area (TPSA) is 300 Å². The number of unbranched alkanes of at least 4 members (excludes halogenated alkanes) is 2. The van der Waals surface area contributed by atoms with Gasteiger partial charge in [0, 0.05) is 39.3 Å². The van der Waals surface area contributed by atoms with Crippen molar-refractivity contribution in [3.05, 3.63) is 23.8 Å². The Morgan fingerprint density at radius 1 is 0.733 bits per heavy atom. The lowest BCUT2D eigenvalue weighted by Crippen LogP contribution is -2.64. The van der Waals surface area contributed by atoms with E-state index in [4.69, 9.17) is 28.4 Å². The highest BCUT2D eigenvalue weighted by molar-refractivity contribution is 7.55. The largest absolute Gasteiger partial charge is 0.394 e. The molecule has 0 bridgehead atoms. The summed E-state index contributed by atoms with van der Waals surface area (Å²) >= 11 is 0. The van der Waals surface area contributed by atoms with Gasteiger partial charge in [-0.2, -0.15) is 9.12 Å². The van der Waals surface area contributed by atoms with Crippen LogP contribution in [0.4, 0.5) is 0 Å². The number of nitrogens with zero attached hydrogens (tertiary/aromatic N) is 7. The molecule has 2 aliphatic rings. The second kappa shape index (κ2) is 26.6. The van der Waals surface area contributed by atoms with E-state index in [-0.39, 0.29) is 26.4 Å². The molecular weight excluding hydrogens is 812 g/mol. The van der Waals surface area contributed by atoms with Crippen molar-refractivity contribution in [1.82, 2.24) is 45.5 Å². The predicted octanol–water partition coefficient (Wildman–Crippen LogP) is -4.36. The molecule has 4 heterocycles. The van der Waals surface area contributed by atoms with Crippen LogP contribution in [-0.2, 0) is 64.2 Å². The minimum absolute atomic E-state index is 0.0637. The summed E-state index contributed by atoms with van der Waals surface area (Å²) in [4.78, 5) is 25.5. The molecule has 2 aliphatic heterocycles. The first-order valence-corrected chi connectivity index (χ1v) is 21.1. The number of nitrogens with one attached hydrogen (secondary N) is 2. The van der Waals surface area contributed by atoms with Crippen LogP contribution in [0.3, 0.4) is 0 Å². The lowest BCUT2D eigenvalue weighted by molar-refractivity contribution is -0.272. The molecule has 2 amide bonds. The van der Waals surface area contributed by atoms with E-state index in [1.165, 1.54) is 13.8 Å². The van der Waals surface area contributed by atoms with Crippen molar-refractivity contribution in [1.29, 1.82) is 0 Å². The zero-order valence-electron chi connectivity index (χ0n) is 34.3. The van der Waals surface area contributed by atoms with E-state index in [1.54, 1.807) is 9.36 Å². The Morgan fingerprint density at radius 2 is 1.20 bits per heavy atom. The number of carbonyl (C=O) groups excluding carboxylic acids is 2. The van der Waals surface area contributed by atoms with Crippen molar-refractivity contribution in [2.24, 2.45) is 0 Å². The maximum absolute atomic E-state index is 11.6. The standard InChI is InChI=1S/C35H63BN9O14P/c1-22(48)37-28-32(52)30(50)26(20-46)58-34(28)56-14-12-54-10-8-44-18-24(39-41-44)16-43(7-5-3-4-6-36-60)17-25-19-45(42-40-25)9-11-55-13-15-57-35-29(38-23(2)49)33(53)31(51)27(21-47)59-35/h18-19,26-36,46-47,50-53H,3-17,20-21,60H2,1-2H3,(H,37,48)(H,38,49). The van der Waals surface area contributed by atoms with Crippen LogP contribution in [0.5, 0.6) is 0 Å². The lowest BCUT2D eigenvalue weighted by atomic mass is 9.97. The molecule has 0 aromatic carbocycles. The number of carbonyl (C=O) groups is 2. The van der Waals surface area contributed by atoms with Crippen LogP contribution in [0.15, 0.2) is 12.4 Å². The molecular formula is C35H63BN9O14P. The number of amides is 2. The molecule has 0 spiro atoms. The summed E-state index contributed by atoms with van der Waals surface area (Å²) in [7, 11) is 2.77. The summed E-state index contributed by atoms with van der Waals surface area (Å²) in [5.41, 5.74) is 1.56. The molecule has 0 saturated carbocycles. The van der Waals surface area contributed by atoms with Crippen molar-refractivity contribution in [3.63, 3.8) is 0 Å². The first-order chi connectivity index (χ1) is 28.9. The monoisotopic (exact) mass is 875 g/mol. The fourth-order valence-electron chi connectivity index (χ4n) is 6.74. The normalized spacial score (nSPS) is 27.0. The minimum Gasteiger partial charge on any atom is -0.394 e. The third kappa shape index (κ3) is 16.1. The quantitative estimate of drug-likeness (QED) is 0.0228. The fourth-order valence-corrected chi connectivity index (χ4v) is 7.03. The van der Waals surface area contributed by atoms with Gasteiger partial charge in [0.25, 0.3) is 0 Å². The Balaban J connectivity index is 1.18. The van der Waals surface area contributed by atoms with Crippen LogP contribution in [-0.4, -0.2) is 205 Å². The number of aliphatic hydroxyl groups excluding tert-OH is 6. The average molecular weight is 876 g/mol. The third-order valence-corrected chi connectivity index (χ3v) is 10.2. The first-order valence-electron chi connectivity index (χ1n) is 20.3. The Bertz CT molecular complexity index is 1430. The van der Waals surface area contributed by atoms with E-state index in [0.717, 1.165) is 50.5 Å². The summed E-state index contributed by atoms with van der Waals surface area (Å²) in [6.07, 6.45) is -1.75. The van der Waals surface area contributed by atoms with Gasteiger partial charge in [-0.3, -0.25) is 14.5 Å². The van der Waals surface area contributed by atoms with Crippen molar-refractivity contribution in [2.45, 2.75) is 127 Å². The molecule has 4 rings (SSSR count). The zero-order valence-corrected chi connectivity index (χ0v) is 35.5. The van der Waals surface area contributed by atoms with E-state index in [9.17, 15) is 40.2 Å². The van der Waals surface area contributed by atoms with E-state index in [0.29, 0.717) is 39.4 Å². The summed E-state index contributed by atoms with van der Waals surface area (Å²) < 4.78 is 37.3. The minimum atomic E-state index is -1.39. The number of hydrogen-bond acceptors (Lipinski definition) is 19. The first kappa shape index (κ1) is 49.8. The van der Waals surface area contributed by atoms with Gasteiger partial charge in [0.2, 0.25) is 11.8 Å². The molecule has 2 saturated heterocycles. The van der Waals surface area contributed by atoms with E-state index >= 15 is 0 Å². The van der Waals surface area contributed by atoms with Gasteiger partial charge in [-0.25, -0.2) is 9.36 Å². The highest BCUT2D eigenvalue weighted by atomic mass is 31.0. The Morgan fingerprint density at radius 3 is 1.62 bits per heavy atom. The molecule has 2 fully saturated rings. The Hall–Kier alpha value is -2.81. The number of hydrogen-bond donors (Lipinski definition) is 8. The summed E-state index contributed by atoms with van der Waals surface area (Å²) in [5.74, 6) is -0.873. The molecule has 0 radical (unpaired) electrons. The molecule has 23 nitrogen and oxygen atoms in total. The van der Waals surface area contributed by atoms with Gasteiger partial charge >= 0.3 is 0 Å². The summed E-state index contributed by atoms with van der Waals surface area (Å²) in [6.45, 7) is 6.41. The highest BCUT2D eigenvalue weighted by Crippen LogP contribution is 2.23. The zero-order chi connectivity index (χ0) is 43.4. The van der Waals surface area contributed by atoms with Gasteiger partial charge in [-0.05, 0) is 13.0 Å². The molecule has 11 unspecified atom stereocenters. The number of aromatic nitrogens is 6. The van der Waals surface area contributed by atoms with Crippen LogP contribution in [0, 0.1) is 0 Å². The van der Waals surface area contributed by atoms with Gasteiger partial charge in [0.1, 0.15) is 55.7 Å². The van der Waals surface area contributed by atoms with Gasteiger partial charge < -0.3 is 69.7 Å². The van der Waals surface area contributed by atoms with Crippen molar-refractivity contribution < 1.29 is 68.6 Å². The molecule has 340 valence electrons. The van der Waals surface area contributed by atoms with Gasteiger partial charge in [0.05, 0.1) is 77.3 Å². The Kier molecular flexibility index (Phi) is 22.1. The smallest absolute Gasteiger partial charge is 0.217 e. The number of ether oxygens (including phenoxy) is 6. The fraction of sp³-hybridized carbons (Fsp3) is 0.829. The summed E-state index contributed by atoms with van der Waals surface area (Å²) in [5, 5.41) is 82.5. The maximum Gasteiger partial charge on any atom is 0.217 e. The van der Waals surface area contributed by atoms with Gasteiger partial charge in [-0.15, -0.1) is 10.2 Å². The molecule has 60 heavy (non-hydrogen) atoms. The van der Waals surface area contributed by atoms with Gasteiger partial charge in [-0.1, -0.05) is 29.6 Å². The number of aliphatic hydroxyl groups is 6. The van der Waals surface area contributed by atoms with Crippen LogP contribution >= 0.6 is 9.12 Å². The van der Waals surface area contributed by atoms with Crippen LogP contribution in [0.2, 0.25) is 6.32 Å². The molecule has 8 N–H and O–H groups in total. The molecule has 2 aromatic rings. The SMILES string of the molecule is CC(=O)NC1C(OCCOCCn2cc(CN(CCCCCBP)Cc3cn(CCOCCOC4OC(CO)C(O)C(O)C4NC(C)=O)nn3)nn2)OC(CO)C(O)C1O. The second-order valence-corrected chi connectivity index (χ2v) is 15.3. The molecule has 0 aliphatic carbocycles. The van der Waals surface area contributed by atoms with Crippen LogP contribution in [0.1, 0.15) is 44.5 Å². The number of rotatable bonds is 28. The van der Waals surface area contributed by atoms with Crippen LogP contribution < -0.4 is 10.6 Å². The lowest BCUT2D eigenvalue weighted by Gasteiger charge is -2.42. The predicted molar refractivity (Wildman–Crippen MR) is 214 cm³/mol. The van der Waals surface area contributed by atoms with Crippen LogP contribution in [0.25, 0.3) is 0 Å². The average Bonchev–Trinajstić information content (AvgIpc) is 3.87.